The van der Waals surface area contributed by atoms with Gasteiger partial charge in [0.25, 0.3) is 0 Å². The minimum atomic E-state index is -0.677. The van der Waals surface area contributed by atoms with Crippen LogP contribution >= 0.6 is 23.2 Å². The number of nitriles is 1. The van der Waals surface area contributed by atoms with Crippen molar-refractivity contribution in [3.05, 3.63) is 51.7 Å². The van der Waals surface area contributed by atoms with E-state index in [1.807, 2.05) is 26.0 Å². The summed E-state index contributed by atoms with van der Waals surface area (Å²) in [6.07, 6.45) is 4.86. The number of furan rings is 1. The topological polar surface area (TPSA) is 103 Å². The fraction of sp³-hybridized carbons (Fsp3) is 0.500. The zero-order valence-corrected chi connectivity index (χ0v) is 24.1. The lowest BCUT2D eigenvalue weighted by Gasteiger charge is -2.52. The molecule has 1 saturated carbocycles. The molecule has 210 valence electrons. The molecule has 3 aliphatic rings. The second-order valence-corrected chi connectivity index (χ2v) is 12.7. The average molecular weight is 584 g/mol. The molecule has 0 radical (unpaired) electrons. The van der Waals surface area contributed by atoms with Crippen molar-refractivity contribution in [2.45, 2.75) is 51.7 Å². The summed E-state index contributed by atoms with van der Waals surface area (Å²) >= 11 is 12.5. The SMILES string of the molecule is C[C@@H](Oc1cc(N2CC([C@H]3CCCN(C4CC(C)(C(=O)O)C4)C3)C2)nc2occ(C#N)c12)c1ccc(Cl)cc1Cl. The molecule has 8 nitrogen and oxygen atoms in total. The Balaban J connectivity index is 1.16. The number of carboxylic acid groups (broad SMARTS) is 1. The predicted octanol–water partition coefficient (Wildman–Crippen LogP) is 6.55. The number of anilines is 1. The number of hydrogen-bond donors (Lipinski definition) is 1. The maximum absolute atomic E-state index is 11.5. The number of aliphatic carboxylic acids is 1. The summed E-state index contributed by atoms with van der Waals surface area (Å²) in [6.45, 7) is 7.63. The Morgan fingerprint density at radius 3 is 2.73 bits per heavy atom. The van der Waals surface area contributed by atoms with Crippen LogP contribution in [0.25, 0.3) is 11.1 Å². The number of likely N-dealkylation sites (tertiary alicyclic amines) is 1. The number of carboxylic acids is 1. The van der Waals surface area contributed by atoms with Gasteiger partial charge in [0.05, 0.1) is 5.41 Å². The summed E-state index contributed by atoms with van der Waals surface area (Å²) in [6, 6.07) is 9.75. The minimum Gasteiger partial charge on any atom is -0.485 e. The van der Waals surface area contributed by atoms with E-state index in [0.717, 1.165) is 56.8 Å². The Hall–Kier alpha value is -2.99. The van der Waals surface area contributed by atoms with Crippen molar-refractivity contribution in [3.63, 3.8) is 0 Å². The molecule has 0 amide bonds. The number of hydrogen-bond acceptors (Lipinski definition) is 7. The molecule has 4 heterocycles. The van der Waals surface area contributed by atoms with E-state index in [0.29, 0.717) is 50.3 Å². The summed E-state index contributed by atoms with van der Waals surface area (Å²) < 4.78 is 12.0. The molecule has 2 aliphatic heterocycles. The molecule has 3 fully saturated rings. The molecule has 1 aliphatic carbocycles. The maximum atomic E-state index is 11.5. The number of halogens is 2. The molecular formula is C30H32Cl2N4O4. The highest BCUT2D eigenvalue weighted by Gasteiger charge is 2.49. The lowest BCUT2D eigenvalue weighted by atomic mass is 9.65. The van der Waals surface area contributed by atoms with Gasteiger partial charge >= 0.3 is 5.97 Å². The van der Waals surface area contributed by atoms with Crippen LogP contribution in [0.15, 0.2) is 34.9 Å². The molecule has 1 aromatic carbocycles. The van der Waals surface area contributed by atoms with Gasteiger partial charge in [-0.3, -0.25) is 4.79 Å². The van der Waals surface area contributed by atoms with Gasteiger partial charge in [-0.1, -0.05) is 29.3 Å². The highest BCUT2D eigenvalue weighted by Crippen LogP contribution is 2.46. The number of rotatable bonds is 7. The number of carbonyl (C=O) groups is 1. The standard InChI is InChI=1S/C30H32Cl2N4O4/c1-17(23-6-5-21(31)8-24(23)32)40-25-9-26(34-28-27(25)19(12-33)16-39-28)36-14-20(15-36)18-4-3-7-35(13-18)22-10-30(2,11-22)29(37)38/h5-6,8-9,16-18,20,22H,3-4,7,10-11,13-15H2,1-2H3,(H,37,38)/t17-,18+,22?,30?/m1/s1. The average Bonchev–Trinajstić information content (AvgIpc) is 3.29. The van der Waals surface area contributed by atoms with E-state index in [-0.39, 0.29) is 0 Å². The molecule has 2 aromatic heterocycles. The van der Waals surface area contributed by atoms with Crippen LogP contribution in [0, 0.1) is 28.6 Å². The smallest absolute Gasteiger partial charge is 0.309 e. The third-order valence-electron chi connectivity index (χ3n) is 9.11. The first-order valence-electron chi connectivity index (χ1n) is 13.8. The van der Waals surface area contributed by atoms with Gasteiger partial charge in [-0.05, 0) is 70.0 Å². The van der Waals surface area contributed by atoms with Crippen molar-refractivity contribution in [3.8, 4) is 11.8 Å². The highest BCUT2D eigenvalue weighted by molar-refractivity contribution is 6.35. The predicted molar refractivity (Wildman–Crippen MR) is 153 cm³/mol. The van der Waals surface area contributed by atoms with Crippen molar-refractivity contribution >= 4 is 46.1 Å². The molecule has 1 N–H and O–H groups in total. The monoisotopic (exact) mass is 582 g/mol. The Kier molecular flexibility index (Phi) is 7.10. The molecule has 0 unspecified atom stereocenters. The van der Waals surface area contributed by atoms with Gasteiger partial charge in [0.15, 0.2) is 0 Å². The summed E-state index contributed by atoms with van der Waals surface area (Å²) in [5.41, 5.74) is 0.970. The zero-order chi connectivity index (χ0) is 28.2. The fourth-order valence-corrected chi connectivity index (χ4v) is 7.15. The van der Waals surface area contributed by atoms with Gasteiger partial charge in [0, 0.05) is 47.4 Å². The van der Waals surface area contributed by atoms with Crippen LogP contribution in [-0.4, -0.2) is 53.2 Å². The van der Waals surface area contributed by atoms with Gasteiger partial charge in [-0.25, -0.2) is 0 Å². The van der Waals surface area contributed by atoms with Gasteiger partial charge in [0.1, 0.15) is 41.0 Å². The molecule has 2 saturated heterocycles. The maximum Gasteiger partial charge on any atom is 0.309 e. The molecule has 0 bridgehead atoms. The van der Waals surface area contributed by atoms with Crippen molar-refractivity contribution in [1.29, 1.82) is 5.26 Å². The number of piperidine rings is 1. The van der Waals surface area contributed by atoms with E-state index in [1.54, 1.807) is 12.1 Å². The van der Waals surface area contributed by atoms with Crippen molar-refractivity contribution in [2.75, 3.05) is 31.1 Å². The Bertz CT molecular complexity index is 1490. The lowest BCUT2D eigenvalue weighted by molar-refractivity contribution is -0.158. The van der Waals surface area contributed by atoms with Crippen LogP contribution < -0.4 is 9.64 Å². The Morgan fingerprint density at radius 2 is 2.02 bits per heavy atom. The van der Waals surface area contributed by atoms with Crippen molar-refractivity contribution in [1.82, 2.24) is 9.88 Å². The first-order valence-corrected chi connectivity index (χ1v) is 14.6. The van der Waals surface area contributed by atoms with Crippen LogP contribution in [0.1, 0.15) is 56.8 Å². The molecule has 2 atom stereocenters. The van der Waals surface area contributed by atoms with Crippen LogP contribution in [0.3, 0.4) is 0 Å². The van der Waals surface area contributed by atoms with E-state index in [2.05, 4.69) is 15.9 Å². The first kappa shape index (κ1) is 27.2. The molecule has 40 heavy (non-hydrogen) atoms. The second kappa shape index (κ2) is 10.4. The molecular weight excluding hydrogens is 551 g/mol. The van der Waals surface area contributed by atoms with Crippen molar-refractivity contribution < 1.29 is 19.1 Å². The van der Waals surface area contributed by atoms with Crippen LogP contribution in [0.5, 0.6) is 5.75 Å². The van der Waals surface area contributed by atoms with E-state index < -0.39 is 17.5 Å². The fourth-order valence-electron chi connectivity index (χ4n) is 6.58. The van der Waals surface area contributed by atoms with E-state index in [9.17, 15) is 15.2 Å². The zero-order valence-electron chi connectivity index (χ0n) is 22.6. The Labute approximate surface area is 243 Å². The summed E-state index contributed by atoms with van der Waals surface area (Å²) in [5, 5.41) is 20.8. The molecule has 10 heteroatoms. The van der Waals surface area contributed by atoms with Gasteiger partial charge in [-0.2, -0.15) is 10.2 Å². The summed E-state index contributed by atoms with van der Waals surface area (Å²) in [7, 11) is 0. The number of pyridine rings is 1. The van der Waals surface area contributed by atoms with Gasteiger partial charge in [0.2, 0.25) is 5.71 Å². The highest BCUT2D eigenvalue weighted by atomic mass is 35.5. The molecule has 0 spiro atoms. The third-order valence-corrected chi connectivity index (χ3v) is 9.68. The lowest BCUT2D eigenvalue weighted by Crippen LogP contribution is -2.58. The number of ether oxygens (including phenoxy) is 1. The normalized spacial score (nSPS) is 26.1. The number of fused-ring (bicyclic) bond motifs is 1. The van der Waals surface area contributed by atoms with E-state index >= 15 is 0 Å². The number of benzene rings is 1. The molecule has 3 aromatic rings. The summed E-state index contributed by atoms with van der Waals surface area (Å²) in [4.78, 5) is 21.0. The molecule has 6 rings (SSSR count). The Morgan fingerprint density at radius 1 is 1.25 bits per heavy atom. The van der Waals surface area contributed by atoms with E-state index in [4.69, 9.17) is 37.3 Å². The minimum absolute atomic E-state index is 0.372. The third kappa shape index (κ3) is 4.89. The van der Waals surface area contributed by atoms with Crippen molar-refractivity contribution in [2.24, 2.45) is 17.3 Å². The van der Waals surface area contributed by atoms with Gasteiger partial charge < -0.3 is 24.1 Å². The quantitative estimate of drug-likeness (QED) is 0.334. The largest absolute Gasteiger partial charge is 0.485 e. The van der Waals surface area contributed by atoms with Gasteiger partial charge in [-0.15, -0.1) is 0 Å². The number of nitrogens with zero attached hydrogens (tertiary/aromatic N) is 4. The number of aromatic nitrogens is 1. The van der Waals surface area contributed by atoms with Crippen LogP contribution in [0.2, 0.25) is 10.0 Å². The van der Waals surface area contributed by atoms with Crippen LogP contribution in [-0.2, 0) is 4.79 Å². The first-order chi connectivity index (χ1) is 19.1. The second-order valence-electron chi connectivity index (χ2n) is 11.8. The summed E-state index contributed by atoms with van der Waals surface area (Å²) in [5.74, 6) is 1.75. The van der Waals surface area contributed by atoms with Crippen LogP contribution in [0.4, 0.5) is 5.82 Å². The van der Waals surface area contributed by atoms with E-state index in [1.165, 1.54) is 12.7 Å².